The molecule has 0 bridgehead atoms. The zero-order chi connectivity index (χ0) is 19.6. The van der Waals surface area contributed by atoms with Crippen LogP contribution >= 0.6 is 11.3 Å². The number of benzene rings is 1. The Bertz CT molecular complexity index is 1050. The van der Waals surface area contributed by atoms with Crippen molar-refractivity contribution in [2.45, 2.75) is 19.9 Å². The lowest BCUT2D eigenvalue weighted by atomic mass is 10.2. The Morgan fingerprint density at radius 1 is 1.22 bits per heavy atom. The molecule has 0 radical (unpaired) electrons. The van der Waals surface area contributed by atoms with Gasteiger partial charge in [-0.1, -0.05) is 6.92 Å². The highest BCUT2D eigenvalue weighted by molar-refractivity contribution is 7.18. The van der Waals surface area contributed by atoms with Crippen molar-refractivity contribution in [2.75, 3.05) is 19.4 Å². The highest BCUT2D eigenvalue weighted by Gasteiger charge is 2.12. The maximum absolute atomic E-state index is 12.5. The molecule has 0 aliphatic heterocycles. The number of hydrogen-bond donors (Lipinski definition) is 1. The topological polar surface area (TPSA) is 84.3 Å². The Morgan fingerprint density at radius 3 is 2.56 bits per heavy atom. The molecule has 2 aromatic heterocycles. The molecule has 8 heteroatoms. The minimum Gasteiger partial charge on any atom is -0.345 e. The first-order chi connectivity index (χ1) is 12.9. The summed E-state index contributed by atoms with van der Waals surface area (Å²) in [5.74, 6) is -0.447. The lowest BCUT2D eigenvalue weighted by Gasteiger charge is -2.11. The van der Waals surface area contributed by atoms with Crippen LogP contribution in [0.5, 0.6) is 0 Å². The zero-order valence-corrected chi connectivity index (χ0v) is 16.2. The number of nitrogens with zero attached hydrogens (tertiary/aromatic N) is 3. The standard InChI is InChI=1S/C19H20N4O3S/c1-4-14-9-15-17(27-14)20-11-23(19(15)26)10-16(24)21-13-7-5-12(6-8-13)18(25)22(2)3/h5-9,11H,4,10H2,1-3H3,(H,21,24). The molecule has 0 saturated heterocycles. The smallest absolute Gasteiger partial charge is 0.262 e. The summed E-state index contributed by atoms with van der Waals surface area (Å²) in [6.07, 6.45) is 2.24. The number of rotatable bonds is 5. The van der Waals surface area contributed by atoms with E-state index in [0.717, 1.165) is 11.3 Å². The molecular weight excluding hydrogens is 364 g/mol. The average molecular weight is 384 g/mol. The number of carbonyl (C=O) groups is 2. The summed E-state index contributed by atoms with van der Waals surface area (Å²) in [4.78, 5) is 44.2. The number of thiophene rings is 1. The van der Waals surface area contributed by atoms with E-state index in [4.69, 9.17) is 0 Å². The van der Waals surface area contributed by atoms with E-state index in [1.807, 2.05) is 13.0 Å². The Balaban J connectivity index is 1.72. The van der Waals surface area contributed by atoms with Gasteiger partial charge in [0.15, 0.2) is 0 Å². The van der Waals surface area contributed by atoms with E-state index in [1.54, 1.807) is 38.4 Å². The first kappa shape index (κ1) is 18.8. The van der Waals surface area contributed by atoms with Crippen molar-refractivity contribution in [3.8, 4) is 0 Å². The van der Waals surface area contributed by atoms with Gasteiger partial charge in [0.1, 0.15) is 11.4 Å². The van der Waals surface area contributed by atoms with Gasteiger partial charge in [-0.2, -0.15) is 0 Å². The van der Waals surface area contributed by atoms with Gasteiger partial charge in [0.25, 0.3) is 11.5 Å². The number of hydrogen-bond acceptors (Lipinski definition) is 5. The Hall–Kier alpha value is -3.00. The third kappa shape index (κ3) is 4.06. The average Bonchev–Trinajstić information content (AvgIpc) is 3.08. The van der Waals surface area contributed by atoms with Gasteiger partial charge in [0.2, 0.25) is 5.91 Å². The molecule has 0 aliphatic rings. The fraction of sp³-hybridized carbons (Fsp3) is 0.263. The quantitative estimate of drug-likeness (QED) is 0.732. The second-order valence-electron chi connectivity index (χ2n) is 6.29. The Labute approximate surface area is 160 Å². The number of amides is 2. The largest absolute Gasteiger partial charge is 0.345 e. The SMILES string of the molecule is CCc1cc2c(=O)n(CC(=O)Nc3ccc(C(=O)N(C)C)cc3)cnc2s1. The van der Waals surface area contributed by atoms with Gasteiger partial charge in [0, 0.05) is 30.2 Å². The normalized spacial score (nSPS) is 10.8. The first-order valence-corrected chi connectivity index (χ1v) is 9.30. The third-order valence-corrected chi connectivity index (χ3v) is 5.24. The van der Waals surface area contributed by atoms with Crippen LogP contribution in [0.25, 0.3) is 10.2 Å². The van der Waals surface area contributed by atoms with E-state index < -0.39 is 0 Å². The predicted molar refractivity (Wildman–Crippen MR) is 106 cm³/mol. The van der Waals surface area contributed by atoms with Gasteiger partial charge in [-0.3, -0.25) is 19.0 Å². The van der Waals surface area contributed by atoms with Crippen LogP contribution in [-0.2, 0) is 17.8 Å². The molecule has 3 rings (SSSR count). The van der Waals surface area contributed by atoms with E-state index >= 15 is 0 Å². The highest BCUT2D eigenvalue weighted by atomic mass is 32.1. The van der Waals surface area contributed by atoms with E-state index in [0.29, 0.717) is 21.5 Å². The van der Waals surface area contributed by atoms with Crippen LogP contribution in [-0.4, -0.2) is 40.4 Å². The monoisotopic (exact) mass is 384 g/mol. The molecule has 140 valence electrons. The van der Waals surface area contributed by atoms with Crippen LogP contribution in [0.2, 0.25) is 0 Å². The molecule has 3 aromatic rings. The molecule has 0 fully saturated rings. The van der Waals surface area contributed by atoms with Gasteiger partial charge < -0.3 is 10.2 Å². The molecule has 0 atom stereocenters. The Morgan fingerprint density at radius 2 is 1.93 bits per heavy atom. The summed E-state index contributed by atoms with van der Waals surface area (Å²) in [5.41, 5.74) is 0.868. The lowest BCUT2D eigenvalue weighted by molar-refractivity contribution is -0.116. The second kappa shape index (κ2) is 7.71. The predicted octanol–water partition coefficient (Wildman–Crippen LogP) is 2.36. The third-order valence-electron chi connectivity index (χ3n) is 4.05. The number of anilines is 1. The van der Waals surface area contributed by atoms with Crippen LogP contribution < -0.4 is 10.9 Å². The summed E-state index contributed by atoms with van der Waals surface area (Å²) in [5, 5.41) is 3.27. The van der Waals surface area contributed by atoms with Crippen molar-refractivity contribution >= 4 is 39.1 Å². The number of carbonyl (C=O) groups excluding carboxylic acids is 2. The fourth-order valence-electron chi connectivity index (χ4n) is 2.61. The van der Waals surface area contributed by atoms with Crippen molar-refractivity contribution in [1.29, 1.82) is 0 Å². The number of fused-ring (bicyclic) bond motifs is 1. The summed E-state index contributed by atoms with van der Waals surface area (Å²) in [6, 6.07) is 8.45. The summed E-state index contributed by atoms with van der Waals surface area (Å²) >= 11 is 1.49. The van der Waals surface area contributed by atoms with Crippen molar-refractivity contribution in [2.24, 2.45) is 0 Å². The maximum Gasteiger partial charge on any atom is 0.262 e. The van der Waals surface area contributed by atoms with Crippen molar-refractivity contribution < 1.29 is 9.59 Å². The molecular formula is C19H20N4O3S. The van der Waals surface area contributed by atoms with Crippen LogP contribution in [0.1, 0.15) is 22.2 Å². The van der Waals surface area contributed by atoms with Crippen molar-refractivity contribution in [3.63, 3.8) is 0 Å². The van der Waals surface area contributed by atoms with Gasteiger partial charge in [-0.15, -0.1) is 11.3 Å². The minimum atomic E-state index is -0.337. The van der Waals surface area contributed by atoms with E-state index in [9.17, 15) is 14.4 Å². The van der Waals surface area contributed by atoms with Gasteiger partial charge in [-0.05, 0) is 36.8 Å². The molecule has 1 N–H and O–H groups in total. The molecule has 27 heavy (non-hydrogen) atoms. The fourth-order valence-corrected chi connectivity index (χ4v) is 3.53. The number of aryl methyl sites for hydroxylation is 1. The van der Waals surface area contributed by atoms with Crippen molar-refractivity contribution in [1.82, 2.24) is 14.5 Å². The molecule has 0 spiro atoms. The van der Waals surface area contributed by atoms with Crippen LogP contribution in [0.15, 0.2) is 41.5 Å². The van der Waals surface area contributed by atoms with E-state index in [-0.39, 0.29) is 23.9 Å². The van der Waals surface area contributed by atoms with E-state index in [2.05, 4.69) is 10.3 Å². The second-order valence-corrected chi connectivity index (χ2v) is 7.40. The Kier molecular flexibility index (Phi) is 5.36. The highest BCUT2D eigenvalue weighted by Crippen LogP contribution is 2.21. The lowest BCUT2D eigenvalue weighted by Crippen LogP contribution is -2.27. The maximum atomic E-state index is 12.5. The summed E-state index contributed by atoms with van der Waals surface area (Å²) < 4.78 is 1.30. The zero-order valence-electron chi connectivity index (χ0n) is 15.4. The van der Waals surface area contributed by atoms with Crippen LogP contribution in [0.4, 0.5) is 5.69 Å². The first-order valence-electron chi connectivity index (χ1n) is 8.48. The summed E-state index contributed by atoms with van der Waals surface area (Å²) in [6.45, 7) is 1.89. The van der Waals surface area contributed by atoms with Gasteiger partial charge in [0.05, 0.1) is 11.7 Å². The van der Waals surface area contributed by atoms with Gasteiger partial charge >= 0.3 is 0 Å². The summed E-state index contributed by atoms with van der Waals surface area (Å²) in [7, 11) is 3.36. The molecule has 2 heterocycles. The van der Waals surface area contributed by atoms with E-state index in [1.165, 1.54) is 27.1 Å². The molecule has 1 aromatic carbocycles. The van der Waals surface area contributed by atoms with Crippen molar-refractivity contribution in [3.05, 3.63) is 57.5 Å². The molecule has 0 aliphatic carbocycles. The molecule has 0 saturated carbocycles. The van der Waals surface area contributed by atoms with Crippen LogP contribution in [0, 0.1) is 0 Å². The van der Waals surface area contributed by atoms with Gasteiger partial charge in [-0.25, -0.2) is 4.98 Å². The number of aromatic nitrogens is 2. The molecule has 0 unspecified atom stereocenters. The minimum absolute atomic E-state index is 0.110. The molecule has 7 nitrogen and oxygen atoms in total. The van der Waals surface area contributed by atoms with Crippen LogP contribution in [0.3, 0.4) is 0 Å². The molecule has 2 amide bonds. The number of nitrogens with one attached hydrogen (secondary N) is 1.